The molecule has 72 valence electrons. The zero-order valence-corrected chi connectivity index (χ0v) is 7.76. The standard InChI is InChI=1S/C10H11N3O/c11-5-3-7-13-9-4-1-2-6-12(9)8-10(13)14/h1-2,4,6,10H,3,7-8H2. The highest BCUT2D eigenvalue weighted by atomic mass is 16.3. The average molecular weight is 189 g/mol. The molecule has 1 unspecified atom stereocenters. The molecule has 4 nitrogen and oxygen atoms in total. The number of anilines is 1. The number of hydrogen-bond acceptors (Lipinski definition) is 3. The van der Waals surface area contributed by atoms with Gasteiger partial charge in [-0.3, -0.25) is 4.90 Å². The summed E-state index contributed by atoms with van der Waals surface area (Å²) >= 11 is 0. The van der Waals surface area contributed by atoms with Crippen LogP contribution in [0.1, 0.15) is 6.42 Å². The molecule has 0 bridgehead atoms. The van der Waals surface area contributed by atoms with Crippen LogP contribution >= 0.6 is 0 Å². The Balaban J connectivity index is 2.22. The number of nitrogens with zero attached hydrogens (tertiary/aromatic N) is 3. The van der Waals surface area contributed by atoms with Crippen molar-refractivity contribution >= 4 is 5.82 Å². The van der Waals surface area contributed by atoms with Gasteiger partial charge in [0.05, 0.1) is 31.5 Å². The lowest BCUT2D eigenvalue weighted by Crippen LogP contribution is -2.44. The van der Waals surface area contributed by atoms with E-state index in [-0.39, 0.29) is 0 Å². The summed E-state index contributed by atoms with van der Waals surface area (Å²) in [6.45, 7) is 0.996. The van der Waals surface area contributed by atoms with Crippen molar-refractivity contribution in [2.45, 2.75) is 19.2 Å². The predicted molar refractivity (Wildman–Crippen MR) is 48.0 cm³/mol. The minimum absolute atomic E-state index is 0.396. The number of hydrogen-bond donors (Lipinski definition) is 0. The molecule has 0 saturated carbocycles. The molecule has 0 radical (unpaired) electrons. The summed E-state index contributed by atoms with van der Waals surface area (Å²) in [5, 5.41) is 20.1. The van der Waals surface area contributed by atoms with E-state index in [4.69, 9.17) is 5.26 Å². The first-order chi connectivity index (χ1) is 6.83. The minimum Gasteiger partial charge on any atom is -0.815 e. The van der Waals surface area contributed by atoms with E-state index in [9.17, 15) is 5.11 Å². The van der Waals surface area contributed by atoms with Gasteiger partial charge in [-0.05, 0) is 6.07 Å². The zero-order chi connectivity index (χ0) is 9.97. The van der Waals surface area contributed by atoms with E-state index in [1.165, 1.54) is 0 Å². The molecular formula is C10H11N3O. The molecule has 1 aliphatic heterocycles. The van der Waals surface area contributed by atoms with Gasteiger partial charge < -0.3 is 5.11 Å². The van der Waals surface area contributed by atoms with E-state index in [2.05, 4.69) is 6.07 Å². The van der Waals surface area contributed by atoms with Crippen molar-refractivity contribution in [3.63, 3.8) is 0 Å². The number of pyridine rings is 1. The molecule has 1 aromatic heterocycles. The fourth-order valence-electron chi connectivity index (χ4n) is 1.73. The molecule has 0 aliphatic carbocycles. The lowest BCUT2D eigenvalue weighted by molar-refractivity contribution is -0.692. The molecule has 0 amide bonds. The van der Waals surface area contributed by atoms with Crippen LogP contribution in [-0.4, -0.2) is 12.8 Å². The molecule has 0 fully saturated rings. The van der Waals surface area contributed by atoms with Crippen molar-refractivity contribution in [1.29, 1.82) is 5.26 Å². The van der Waals surface area contributed by atoms with Crippen LogP contribution in [0.15, 0.2) is 24.4 Å². The number of rotatable bonds is 2. The van der Waals surface area contributed by atoms with Gasteiger partial charge in [0.15, 0.2) is 0 Å². The monoisotopic (exact) mass is 189 g/mol. The van der Waals surface area contributed by atoms with Gasteiger partial charge in [-0.15, -0.1) is 0 Å². The lowest BCUT2D eigenvalue weighted by atomic mass is 10.4. The third kappa shape index (κ3) is 1.42. The first kappa shape index (κ1) is 8.97. The lowest BCUT2D eigenvalue weighted by Gasteiger charge is -2.20. The topological polar surface area (TPSA) is 54.0 Å². The van der Waals surface area contributed by atoms with Crippen LogP contribution in [0.2, 0.25) is 0 Å². The summed E-state index contributed by atoms with van der Waals surface area (Å²) in [4.78, 5) is 1.74. The van der Waals surface area contributed by atoms with Crippen molar-refractivity contribution in [2.75, 3.05) is 11.4 Å². The minimum atomic E-state index is -0.745. The van der Waals surface area contributed by atoms with E-state index in [0.717, 1.165) is 5.82 Å². The molecule has 0 spiro atoms. The highest BCUT2D eigenvalue weighted by molar-refractivity contribution is 5.35. The van der Waals surface area contributed by atoms with Gasteiger partial charge in [-0.25, -0.2) is 4.57 Å². The van der Waals surface area contributed by atoms with Gasteiger partial charge in [0.2, 0.25) is 0 Å². The molecule has 1 atom stereocenters. The summed E-state index contributed by atoms with van der Waals surface area (Å²) in [6, 6.07) is 7.78. The molecule has 1 aromatic rings. The highest BCUT2D eigenvalue weighted by Crippen LogP contribution is 2.15. The van der Waals surface area contributed by atoms with Crippen LogP contribution in [0.5, 0.6) is 0 Å². The quantitative estimate of drug-likeness (QED) is 0.583. The van der Waals surface area contributed by atoms with Crippen LogP contribution in [0.4, 0.5) is 5.82 Å². The van der Waals surface area contributed by atoms with Crippen molar-refractivity contribution in [1.82, 2.24) is 0 Å². The maximum Gasteiger partial charge on any atom is 0.275 e. The molecule has 2 heterocycles. The first-order valence-electron chi connectivity index (χ1n) is 4.61. The molecule has 0 aromatic carbocycles. The van der Waals surface area contributed by atoms with Gasteiger partial charge in [0.1, 0.15) is 6.54 Å². The predicted octanol–water partition coefficient (Wildman–Crippen LogP) is -0.606. The Bertz CT molecular complexity index is 372. The third-order valence-electron chi connectivity index (χ3n) is 2.38. The Morgan fingerprint density at radius 2 is 2.50 bits per heavy atom. The molecule has 1 aliphatic rings. The molecule has 0 saturated heterocycles. The van der Waals surface area contributed by atoms with E-state index in [1.807, 2.05) is 29.0 Å². The van der Waals surface area contributed by atoms with Crippen LogP contribution in [0.3, 0.4) is 0 Å². The number of fused-ring (bicyclic) bond motifs is 1. The van der Waals surface area contributed by atoms with Gasteiger partial charge in [-0.2, -0.15) is 5.26 Å². The fraction of sp³-hybridized carbons (Fsp3) is 0.400. The van der Waals surface area contributed by atoms with Crippen molar-refractivity contribution in [3.8, 4) is 6.07 Å². The van der Waals surface area contributed by atoms with Gasteiger partial charge in [-0.1, -0.05) is 6.07 Å². The second kappa shape index (κ2) is 3.64. The molecule has 2 rings (SSSR count). The maximum absolute atomic E-state index is 11.6. The van der Waals surface area contributed by atoms with E-state index >= 15 is 0 Å². The van der Waals surface area contributed by atoms with Crippen LogP contribution < -0.4 is 14.6 Å². The largest absolute Gasteiger partial charge is 0.815 e. The van der Waals surface area contributed by atoms with E-state index < -0.39 is 6.23 Å². The molecule has 14 heavy (non-hydrogen) atoms. The maximum atomic E-state index is 11.6. The SMILES string of the molecule is N#CCCN1c2cccc[n+]2CC1[O-]. The summed E-state index contributed by atoms with van der Waals surface area (Å²) in [5.74, 6) is 0.919. The average Bonchev–Trinajstić information content (AvgIpc) is 2.51. The smallest absolute Gasteiger partial charge is 0.275 e. The molecular weight excluding hydrogens is 178 g/mol. The Morgan fingerprint density at radius 3 is 3.29 bits per heavy atom. The Labute approximate surface area is 82.6 Å². The summed E-state index contributed by atoms with van der Waals surface area (Å²) < 4.78 is 1.93. The first-order valence-corrected chi connectivity index (χ1v) is 4.61. The molecule has 4 heteroatoms. The fourth-order valence-corrected chi connectivity index (χ4v) is 1.73. The zero-order valence-electron chi connectivity index (χ0n) is 7.76. The number of aromatic nitrogens is 1. The summed E-state index contributed by atoms with van der Waals surface area (Å²) in [5.41, 5.74) is 0. The number of nitriles is 1. The third-order valence-corrected chi connectivity index (χ3v) is 2.38. The van der Waals surface area contributed by atoms with Crippen molar-refractivity contribution in [2.24, 2.45) is 0 Å². The van der Waals surface area contributed by atoms with Crippen molar-refractivity contribution < 1.29 is 9.67 Å². The Morgan fingerprint density at radius 1 is 1.64 bits per heavy atom. The van der Waals surface area contributed by atoms with Crippen LogP contribution in [-0.2, 0) is 6.54 Å². The van der Waals surface area contributed by atoms with E-state index in [1.54, 1.807) is 4.90 Å². The highest BCUT2D eigenvalue weighted by Gasteiger charge is 2.29. The second-order valence-corrected chi connectivity index (χ2v) is 3.27. The van der Waals surface area contributed by atoms with Gasteiger partial charge in [0, 0.05) is 6.07 Å². The van der Waals surface area contributed by atoms with Crippen LogP contribution in [0, 0.1) is 11.3 Å². The van der Waals surface area contributed by atoms with Crippen molar-refractivity contribution in [3.05, 3.63) is 24.4 Å². The van der Waals surface area contributed by atoms with Gasteiger partial charge in [0.25, 0.3) is 5.82 Å². The normalized spacial score (nSPS) is 19.1. The summed E-state index contributed by atoms with van der Waals surface area (Å²) in [6.07, 6.45) is 1.55. The van der Waals surface area contributed by atoms with Crippen LogP contribution in [0.25, 0.3) is 0 Å². The Kier molecular flexibility index (Phi) is 2.33. The summed E-state index contributed by atoms with van der Waals surface area (Å²) in [7, 11) is 0. The second-order valence-electron chi connectivity index (χ2n) is 3.27. The van der Waals surface area contributed by atoms with Gasteiger partial charge >= 0.3 is 0 Å². The van der Waals surface area contributed by atoms with E-state index in [0.29, 0.717) is 19.5 Å². The Hall–Kier alpha value is -1.60. The molecule has 0 N–H and O–H groups in total.